The standard InChI is InChI=1S/C18H32N2O2/c1-22-11-10-18(8-4-5-9-18)13-19-17(21)16-12-14-6-2-3-7-15(14)20-16/h14-16,20H,2-13H2,1H3,(H,19,21). The fourth-order valence-corrected chi connectivity index (χ4v) is 4.88. The maximum atomic E-state index is 12.6. The molecule has 2 N–H and O–H groups in total. The van der Waals surface area contributed by atoms with E-state index >= 15 is 0 Å². The minimum atomic E-state index is 0.0500. The number of carbonyl (C=O) groups is 1. The van der Waals surface area contributed by atoms with Crippen LogP contribution in [0.4, 0.5) is 0 Å². The van der Waals surface area contributed by atoms with Crippen LogP contribution in [-0.2, 0) is 9.53 Å². The van der Waals surface area contributed by atoms with Gasteiger partial charge in [0, 0.05) is 26.3 Å². The van der Waals surface area contributed by atoms with Gasteiger partial charge in [-0.1, -0.05) is 25.7 Å². The lowest BCUT2D eigenvalue weighted by molar-refractivity contribution is -0.123. The molecule has 1 heterocycles. The Hall–Kier alpha value is -0.610. The number of hydrogen-bond acceptors (Lipinski definition) is 3. The molecule has 0 aromatic carbocycles. The second-order valence-corrected chi connectivity index (χ2v) is 7.77. The van der Waals surface area contributed by atoms with E-state index in [0.29, 0.717) is 6.04 Å². The van der Waals surface area contributed by atoms with Crippen LogP contribution in [0.2, 0.25) is 0 Å². The molecule has 1 amide bonds. The predicted octanol–water partition coefficient (Wildman–Crippen LogP) is 2.62. The van der Waals surface area contributed by atoms with Gasteiger partial charge in [0.25, 0.3) is 0 Å². The van der Waals surface area contributed by atoms with Crippen molar-refractivity contribution < 1.29 is 9.53 Å². The van der Waals surface area contributed by atoms with E-state index in [9.17, 15) is 4.79 Å². The molecule has 1 saturated heterocycles. The topological polar surface area (TPSA) is 50.4 Å². The largest absolute Gasteiger partial charge is 0.385 e. The van der Waals surface area contributed by atoms with Crippen molar-refractivity contribution in [3.63, 3.8) is 0 Å². The molecule has 3 unspecified atom stereocenters. The van der Waals surface area contributed by atoms with E-state index in [2.05, 4.69) is 10.6 Å². The van der Waals surface area contributed by atoms with Gasteiger partial charge in [-0.25, -0.2) is 0 Å². The molecule has 0 bridgehead atoms. The molecule has 0 spiro atoms. The SMILES string of the molecule is COCCC1(CNC(=O)C2CC3CCCCC3N2)CCCC1. The molecule has 0 radical (unpaired) electrons. The summed E-state index contributed by atoms with van der Waals surface area (Å²) in [5.41, 5.74) is 0.289. The second kappa shape index (κ2) is 7.31. The Bertz CT molecular complexity index is 365. The predicted molar refractivity (Wildman–Crippen MR) is 87.7 cm³/mol. The maximum Gasteiger partial charge on any atom is 0.237 e. The van der Waals surface area contributed by atoms with Crippen molar-refractivity contribution in [2.24, 2.45) is 11.3 Å². The zero-order chi connectivity index (χ0) is 15.4. The summed E-state index contributed by atoms with van der Waals surface area (Å²) in [5.74, 6) is 0.969. The summed E-state index contributed by atoms with van der Waals surface area (Å²) < 4.78 is 5.27. The van der Waals surface area contributed by atoms with Gasteiger partial charge < -0.3 is 15.4 Å². The number of ether oxygens (including phenoxy) is 1. The van der Waals surface area contributed by atoms with E-state index in [4.69, 9.17) is 4.74 Å². The van der Waals surface area contributed by atoms with Gasteiger partial charge in [0.1, 0.15) is 0 Å². The van der Waals surface area contributed by atoms with Crippen LogP contribution in [0.3, 0.4) is 0 Å². The summed E-state index contributed by atoms with van der Waals surface area (Å²) >= 11 is 0. The Morgan fingerprint density at radius 3 is 2.73 bits per heavy atom. The van der Waals surface area contributed by atoms with Gasteiger partial charge in [0.15, 0.2) is 0 Å². The summed E-state index contributed by atoms with van der Waals surface area (Å²) in [6, 6.07) is 0.646. The Balaban J connectivity index is 1.49. The van der Waals surface area contributed by atoms with E-state index in [0.717, 1.165) is 31.9 Å². The van der Waals surface area contributed by atoms with Crippen molar-refractivity contribution in [2.75, 3.05) is 20.3 Å². The lowest BCUT2D eigenvalue weighted by atomic mass is 9.82. The summed E-state index contributed by atoms with van der Waals surface area (Å²) in [4.78, 5) is 12.6. The van der Waals surface area contributed by atoms with E-state index in [1.807, 2.05) is 0 Å². The molecule has 3 atom stereocenters. The first kappa shape index (κ1) is 16.3. The maximum absolute atomic E-state index is 12.6. The number of hydrogen-bond donors (Lipinski definition) is 2. The Labute approximate surface area is 134 Å². The number of fused-ring (bicyclic) bond motifs is 1. The molecule has 1 aliphatic heterocycles. The van der Waals surface area contributed by atoms with Gasteiger partial charge in [-0.2, -0.15) is 0 Å². The van der Waals surface area contributed by atoms with Gasteiger partial charge in [-0.3, -0.25) is 4.79 Å². The van der Waals surface area contributed by atoms with Gasteiger partial charge in [0.05, 0.1) is 6.04 Å². The van der Waals surface area contributed by atoms with Crippen molar-refractivity contribution in [1.82, 2.24) is 10.6 Å². The number of amides is 1. The van der Waals surface area contributed by atoms with Gasteiger partial charge in [-0.15, -0.1) is 0 Å². The van der Waals surface area contributed by atoms with Crippen molar-refractivity contribution >= 4 is 5.91 Å². The number of nitrogens with one attached hydrogen (secondary N) is 2. The molecular formula is C18H32N2O2. The highest BCUT2D eigenvalue weighted by Gasteiger charge is 2.39. The smallest absolute Gasteiger partial charge is 0.237 e. The van der Waals surface area contributed by atoms with Crippen LogP contribution in [0.15, 0.2) is 0 Å². The molecular weight excluding hydrogens is 276 g/mol. The van der Waals surface area contributed by atoms with Crippen LogP contribution < -0.4 is 10.6 Å². The molecule has 126 valence electrons. The van der Waals surface area contributed by atoms with Crippen molar-refractivity contribution in [3.8, 4) is 0 Å². The van der Waals surface area contributed by atoms with E-state index < -0.39 is 0 Å². The Morgan fingerprint density at radius 2 is 2.00 bits per heavy atom. The highest BCUT2D eigenvalue weighted by atomic mass is 16.5. The first-order chi connectivity index (χ1) is 10.7. The summed E-state index contributed by atoms with van der Waals surface area (Å²) in [7, 11) is 1.77. The molecule has 3 rings (SSSR count). The van der Waals surface area contributed by atoms with Crippen LogP contribution in [0.5, 0.6) is 0 Å². The third-order valence-electron chi connectivity index (χ3n) is 6.32. The molecule has 3 aliphatic rings. The zero-order valence-corrected chi connectivity index (χ0v) is 14.0. The first-order valence-corrected chi connectivity index (χ1v) is 9.25. The molecule has 22 heavy (non-hydrogen) atoms. The van der Waals surface area contributed by atoms with Crippen LogP contribution in [0, 0.1) is 11.3 Å². The average molecular weight is 308 g/mol. The Kier molecular flexibility index (Phi) is 5.40. The van der Waals surface area contributed by atoms with Crippen LogP contribution >= 0.6 is 0 Å². The van der Waals surface area contributed by atoms with E-state index in [1.54, 1.807) is 7.11 Å². The molecule has 4 heteroatoms. The van der Waals surface area contributed by atoms with Gasteiger partial charge in [-0.05, 0) is 49.9 Å². The minimum Gasteiger partial charge on any atom is -0.385 e. The summed E-state index contributed by atoms with van der Waals surface area (Å²) in [6.07, 6.45) is 12.4. The normalized spacial score (nSPS) is 33.6. The zero-order valence-electron chi connectivity index (χ0n) is 14.0. The van der Waals surface area contributed by atoms with Crippen LogP contribution in [0.1, 0.15) is 64.2 Å². The first-order valence-electron chi connectivity index (χ1n) is 9.25. The molecule has 2 saturated carbocycles. The fourth-order valence-electron chi connectivity index (χ4n) is 4.88. The third-order valence-corrected chi connectivity index (χ3v) is 6.32. The van der Waals surface area contributed by atoms with Crippen LogP contribution in [0.25, 0.3) is 0 Å². The monoisotopic (exact) mass is 308 g/mol. The third kappa shape index (κ3) is 3.65. The van der Waals surface area contributed by atoms with E-state index in [1.165, 1.54) is 51.4 Å². The summed E-state index contributed by atoms with van der Waals surface area (Å²) in [5, 5.41) is 6.86. The number of rotatable bonds is 6. The van der Waals surface area contributed by atoms with Gasteiger partial charge >= 0.3 is 0 Å². The second-order valence-electron chi connectivity index (χ2n) is 7.77. The molecule has 0 aromatic rings. The lowest BCUT2D eigenvalue weighted by Gasteiger charge is -2.29. The Morgan fingerprint density at radius 1 is 1.23 bits per heavy atom. The van der Waals surface area contributed by atoms with Crippen molar-refractivity contribution in [3.05, 3.63) is 0 Å². The fraction of sp³-hybridized carbons (Fsp3) is 0.944. The lowest BCUT2D eigenvalue weighted by Crippen LogP contribution is -2.46. The minimum absolute atomic E-state index is 0.0500. The van der Waals surface area contributed by atoms with E-state index in [-0.39, 0.29) is 17.4 Å². The van der Waals surface area contributed by atoms with Crippen molar-refractivity contribution in [2.45, 2.75) is 76.3 Å². The number of carbonyl (C=O) groups excluding carboxylic acids is 1. The summed E-state index contributed by atoms with van der Waals surface area (Å²) in [6.45, 7) is 1.64. The molecule has 0 aromatic heterocycles. The molecule has 3 fully saturated rings. The molecule has 4 nitrogen and oxygen atoms in total. The highest BCUT2D eigenvalue weighted by molar-refractivity contribution is 5.82. The number of methoxy groups -OCH3 is 1. The van der Waals surface area contributed by atoms with Crippen molar-refractivity contribution in [1.29, 1.82) is 0 Å². The van der Waals surface area contributed by atoms with Gasteiger partial charge in [0.2, 0.25) is 5.91 Å². The molecule has 2 aliphatic carbocycles. The quantitative estimate of drug-likeness (QED) is 0.793. The van der Waals surface area contributed by atoms with Crippen LogP contribution in [-0.4, -0.2) is 38.3 Å². The highest BCUT2D eigenvalue weighted by Crippen LogP contribution is 2.40. The average Bonchev–Trinajstić information content (AvgIpc) is 3.18.